The van der Waals surface area contributed by atoms with Crippen LogP contribution in [0.2, 0.25) is 0 Å². The zero-order chi connectivity index (χ0) is 12.3. The number of carboxylic acid groups (broad SMARTS) is 1. The van der Waals surface area contributed by atoms with Crippen molar-refractivity contribution >= 4 is 5.97 Å². The topological polar surface area (TPSA) is 53.7 Å². The maximum atomic E-state index is 11.0. The Balaban J connectivity index is 2.00. The van der Waals surface area contributed by atoms with Crippen LogP contribution in [0.15, 0.2) is 16.7 Å². The molecule has 1 fully saturated rings. The van der Waals surface area contributed by atoms with Crippen molar-refractivity contribution in [2.24, 2.45) is 5.92 Å². The summed E-state index contributed by atoms with van der Waals surface area (Å²) in [6.07, 6.45) is 5.09. The molecule has 0 aromatic carbocycles. The summed E-state index contributed by atoms with van der Waals surface area (Å²) in [6.45, 7) is 4.95. The molecule has 0 aliphatic carbocycles. The van der Waals surface area contributed by atoms with Crippen LogP contribution in [0.4, 0.5) is 0 Å². The Bertz CT molecular complexity index is 386. The Labute approximate surface area is 101 Å². The number of carboxylic acids is 1. The lowest BCUT2D eigenvalue weighted by Gasteiger charge is -2.18. The lowest BCUT2D eigenvalue weighted by atomic mass is 10.0. The van der Waals surface area contributed by atoms with E-state index in [4.69, 9.17) is 9.52 Å². The largest absolute Gasteiger partial charge is 0.478 e. The van der Waals surface area contributed by atoms with Crippen molar-refractivity contribution in [1.82, 2.24) is 4.90 Å². The molecule has 1 aliphatic heterocycles. The molecule has 4 nitrogen and oxygen atoms in total. The van der Waals surface area contributed by atoms with Gasteiger partial charge in [-0.2, -0.15) is 0 Å². The lowest BCUT2D eigenvalue weighted by Crippen LogP contribution is -2.24. The van der Waals surface area contributed by atoms with Gasteiger partial charge in [-0.15, -0.1) is 0 Å². The van der Waals surface area contributed by atoms with Gasteiger partial charge in [0.15, 0.2) is 0 Å². The van der Waals surface area contributed by atoms with Crippen LogP contribution in [0, 0.1) is 5.92 Å². The summed E-state index contributed by atoms with van der Waals surface area (Å²) in [6, 6.07) is 1.53. The van der Waals surface area contributed by atoms with Gasteiger partial charge in [0, 0.05) is 0 Å². The van der Waals surface area contributed by atoms with Crippen LogP contribution in [0.3, 0.4) is 0 Å². The summed E-state index contributed by atoms with van der Waals surface area (Å²) in [5.41, 5.74) is 0.294. The Hall–Kier alpha value is -1.29. The third kappa shape index (κ3) is 3.09. The number of furan rings is 1. The van der Waals surface area contributed by atoms with E-state index >= 15 is 0 Å². The van der Waals surface area contributed by atoms with Crippen molar-refractivity contribution in [3.05, 3.63) is 23.7 Å². The molecule has 2 rings (SSSR count). The average molecular weight is 237 g/mol. The highest BCUT2D eigenvalue weighted by Crippen LogP contribution is 2.20. The fourth-order valence-corrected chi connectivity index (χ4v) is 2.34. The number of rotatable bonds is 3. The summed E-state index contributed by atoms with van der Waals surface area (Å²) < 4.78 is 5.27. The Kier molecular flexibility index (Phi) is 3.84. The van der Waals surface area contributed by atoms with Gasteiger partial charge in [0.1, 0.15) is 11.3 Å². The molecule has 1 saturated heterocycles. The minimum Gasteiger partial charge on any atom is -0.478 e. The summed E-state index contributed by atoms with van der Waals surface area (Å²) in [5, 5.41) is 9.00. The molecular weight excluding hydrogens is 218 g/mol. The molecule has 1 aliphatic rings. The molecule has 94 valence electrons. The smallest absolute Gasteiger partial charge is 0.339 e. The molecule has 1 unspecified atom stereocenters. The van der Waals surface area contributed by atoms with E-state index in [9.17, 15) is 4.79 Å². The highest BCUT2D eigenvalue weighted by Gasteiger charge is 2.19. The molecule has 0 spiro atoms. The van der Waals surface area contributed by atoms with E-state index in [0.717, 1.165) is 19.0 Å². The van der Waals surface area contributed by atoms with Crippen LogP contribution in [0.1, 0.15) is 42.3 Å². The van der Waals surface area contributed by atoms with Crippen LogP contribution in [-0.4, -0.2) is 29.1 Å². The summed E-state index contributed by atoms with van der Waals surface area (Å²) >= 11 is 0. The molecule has 1 aromatic heterocycles. The van der Waals surface area contributed by atoms with Gasteiger partial charge in [0.2, 0.25) is 0 Å². The standard InChI is InChI=1S/C13H19NO3/c1-10-3-2-6-14(7-4-10)9-12-11(13(15)16)5-8-17-12/h5,8,10H,2-4,6-7,9H2,1H3,(H,15,16). The summed E-state index contributed by atoms with van der Waals surface area (Å²) in [5.74, 6) is 0.444. The number of aromatic carboxylic acids is 1. The highest BCUT2D eigenvalue weighted by atomic mass is 16.4. The number of hydrogen-bond donors (Lipinski definition) is 1. The quantitative estimate of drug-likeness (QED) is 0.878. The van der Waals surface area contributed by atoms with Crippen LogP contribution < -0.4 is 0 Å². The van der Waals surface area contributed by atoms with Crippen molar-refractivity contribution in [3.8, 4) is 0 Å². The van der Waals surface area contributed by atoms with Crippen molar-refractivity contribution in [2.75, 3.05) is 13.1 Å². The maximum absolute atomic E-state index is 11.0. The molecule has 1 aromatic rings. The van der Waals surface area contributed by atoms with Gasteiger partial charge in [-0.3, -0.25) is 4.90 Å². The van der Waals surface area contributed by atoms with Crippen molar-refractivity contribution < 1.29 is 14.3 Å². The molecule has 0 saturated carbocycles. The minimum atomic E-state index is -0.906. The third-order valence-electron chi connectivity index (χ3n) is 3.45. The number of nitrogens with zero attached hydrogens (tertiary/aromatic N) is 1. The predicted molar refractivity (Wildman–Crippen MR) is 64.0 cm³/mol. The molecule has 0 amide bonds. The fourth-order valence-electron chi connectivity index (χ4n) is 2.34. The second-order valence-corrected chi connectivity index (χ2v) is 4.87. The van der Waals surface area contributed by atoms with E-state index in [2.05, 4.69) is 11.8 Å². The van der Waals surface area contributed by atoms with Crippen LogP contribution in [0.25, 0.3) is 0 Å². The molecule has 1 atom stereocenters. The average Bonchev–Trinajstić information content (AvgIpc) is 2.64. The normalized spacial score (nSPS) is 22.3. The van der Waals surface area contributed by atoms with Crippen molar-refractivity contribution in [1.29, 1.82) is 0 Å². The van der Waals surface area contributed by atoms with Crippen LogP contribution >= 0.6 is 0 Å². The van der Waals surface area contributed by atoms with E-state index in [1.165, 1.54) is 31.6 Å². The molecule has 17 heavy (non-hydrogen) atoms. The SMILES string of the molecule is CC1CCCN(Cc2occc2C(=O)O)CC1. The first-order chi connectivity index (χ1) is 8.16. The van der Waals surface area contributed by atoms with Gasteiger partial charge in [-0.1, -0.05) is 6.92 Å². The van der Waals surface area contributed by atoms with Crippen LogP contribution in [-0.2, 0) is 6.54 Å². The zero-order valence-corrected chi connectivity index (χ0v) is 10.2. The Morgan fingerprint density at radius 2 is 2.35 bits per heavy atom. The van der Waals surface area contributed by atoms with Crippen molar-refractivity contribution in [2.45, 2.75) is 32.7 Å². The second kappa shape index (κ2) is 5.36. The van der Waals surface area contributed by atoms with Gasteiger partial charge in [-0.25, -0.2) is 4.79 Å². The first-order valence-corrected chi connectivity index (χ1v) is 6.19. The third-order valence-corrected chi connectivity index (χ3v) is 3.45. The Morgan fingerprint density at radius 3 is 3.12 bits per heavy atom. The van der Waals surface area contributed by atoms with E-state index < -0.39 is 5.97 Å². The van der Waals surface area contributed by atoms with E-state index in [-0.39, 0.29) is 0 Å². The number of carbonyl (C=O) groups is 1. The van der Waals surface area contributed by atoms with Gasteiger partial charge < -0.3 is 9.52 Å². The molecule has 0 radical (unpaired) electrons. The zero-order valence-electron chi connectivity index (χ0n) is 10.2. The van der Waals surface area contributed by atoms with Crippen molar-refractivity contribution in [3.63, 3.8) is 0 Å². The lowest BCUT2D eigenvalue weighted by molar-refractivity contribution is 0.0692. The van der Waals surface area contributed by atoms with E-state index in [0.29, 0.717) is 17.9 Å². The predicted octanol–water partition coefficient (Wildman–Crippen LogP) is 2.60. The number of hydrogen-bond acceptors (Lipinski definition) is 3. The van der Waals surface area contributed by atoms with Gasteiger partial charge in [0.25, 0.3) is 0 Å². The molecule has 2 heterocycles. The van der Waals surface area contributed by atoms with E-state index in [1.807, 2.05) is 0 Å². The second-order valence-electron chi connectivity index (χ2n) is 4.87. The van der Waals surface area contributed by atoms with E-state index in [1.54, 1.807) is 0 Å². The first kappa shape index (κ1) is 12.2. The Morgan fingerprint density at radius 1 is 1.53 bits per heavy atom. The fraction of sp³-hybridized carbons (Fsp3) is 0.615. The van der Waals surface area contributed by atoms with Gasteiger partial charge in [-0.05, 0) is 44.3 Å². The molecule has 1 N–H and O–H groups in total. The molecule has 0 bridgehead atoms. The monoisotopic (exact) mass is 237 g/mol. The van der Waals surface area contributed by atoms with Gasteiger partial charge >= 0.3 is 5.97 Å². The first-order valence-electron chi connectivity index (χ1n) is 6.19. The van der Waals surface area contributed by atoms with Crippen LogP contribution in [0.5, 0.6) is 0 Å². The molecular formula is C13H19NO3. The number of likely N-dealkylation sites (tertiary alicyclic amines) is 1. The minimum absolute atomic E-state index is 0.294. The highest BCUT2D eigenvalue weighted by molar-refractivity contribution is 5.88. The summed E-state index contributed by atoms with van der Waals surface area (Å²) in [4.78, 5) is 13.3. The molecule has 4 heteroatoms. The van der Waals surface area contributed by atoms with Gasteiger partial charge in [0.05, 0.1) is 12.8 Å². The maximum Gasteiger partial charge on any atom is 0.339 e. The summed E-state index contributed by atoms with van der Waals surface area (Å²) in [7, 11) is 0.